The molecule has 2 rings (SSSR count). The van der Waals surface area contributed by atoms with Gasteiger partial charge in [-0.2, -0.15) is 0 Å². The summed E-state index contributed by atoms with van der Waals surface area (Å²) in [6.45, 7) is 0.987. The van der Waals surface area contributed by atoms with E-state index in [1.54, 1.807) is 5.51 Å². The number of nitrogens with zero attached hydrogens (tertiary/aromatic N) is 2. The minimum absolute atomic E-state index is 0.0440. The van der Waals surface area contributed by atoms with Gasteiger partial charge in [0.15, 0.2) is 0 Å². The smallest absolute Gasteiger partial charge is 0.125 e. The third kappa shape index (κ3) is 1.26. The number of aliphatic hydroxyl groups excluding tert-OH is 1. The fourth-order valence-electron chi connectivity index (χ4n) is 1.12. The van der Waals surface area contributed by atoms with E-state index in [9.17, 15) is 5.11 Å². The molecule has 0 saturated carbocycles. The standard InChI is InChI=1S/C6H8N2O2S/c9-5-2-10-1-4(5)6-8-7-3-11-6/h3-5,9H,1-2H2/t4-,5-/m1/s1. The molecular weight excluding hydrogens is 164 g/mol. The van der Waals surface area contributed by atoms with Gasteiger partial charge < -0.3 is 9.84 Å². The Morgan fingerprint density at radius 1 is 1.64 bits per heavy atom. The topological polar surface area (TPSA) is 55.2 Å². The predicted octanol–water partition coefficient (Wildman–Crippen LogP) is 0.0128. The molecule has 1 aliphatic heterocycles. The number of hydrogen-bond donors (Lipinski definition) is 1. The van der Waals surface area contributed by atoms with Crippen LogP contribution in [-0.4, -0.2) is 34.6 Å². The highest BCUT2D eigenvalue weighted by Crippen LogP contribution is 2.25. The lowest BCUT2D eigenvalue weighted by molar-refractivity contribution is 0.124. The average molecular weight is 172 g/mol. The fourth-order valence-corrected chi connectivity index (χ4v) is 1.82. The molecule has 1 aromatic rings. The molecule has 0 radical (unpaired) electrons. The Bertz CT molecular complexity index is 226. The van der Waals surface area contributed by atoms with Crippen molar-refractivity contribution in [3.8, 4) is 0 Å². The summed E-state index contributed by atoms with van der Waals surface area (Å²) in [7, 11) is 0. The maximum Gasteiger partial charge on any atom is 0.125 e. The van der Waals surface area contributed by atoms with E-state index in [0.29, 0.717) is 13.2 Å². The zero-order valence-electron chi connectivity index (χ0n) is 5.80. The largest absolute Gasteiger partial charge is 0.390 e. The van der Waals surface area contributed by atoms with E-state index in [-0.39, 0.29) is 5.92 Å². The van der Waals surface area contributed by atoms with Crippen molar-refractivity contribution in [1.29, 1.82) is 0 Å². The van der Waals surface area contributed by atoms with Gasteiger partial charge in [-0.3, -0.25) is 0 Å². The van der Waals surface area contributed by atoms with Gasteiger partial charge in [-0.05, 0) is 0 Å². The second kappa shape index (κ2) is 2.84. The number of hydrogen-bond acceptors (Lipinski definition) is 5. The molecule has 0 unspecified atom stereocenters. The van der Waals surface area contributed by atoms with Crippen LogP contribution in [0.4, 0.5) is 0 Å². The summed E-state index contributed by atoms with van der Waals surface area (Å²) >= 11 is 1.46. The van der Waals surface area contributed by atoms with E-state index in [1.807, 2.05) is 0 Å². The van der Waals surface area contributed by atoms with Crippen molar-refractivity contribution in [3.05, 3.63) is 10.5 Å². The van der Waals surface area contributed by atoms with Gasteiger partial charge in [0.05, 0.1) is 25.2 Å². The molecule has 5 heteroatoms. The first-order valence-electron chi connectivity index (χ1n) is 3.40. The molecule has 60 valence electrons. The van der Waals surface area contributed by atoms with E-state index >= 15 is 0 Å². The summed E-state index contributed by atoms with van der Waals surface area (Å²) in [6.07, 6.45) is -0.400. The van der Waals surface area contributed by atoms with E-state index < -0.39 is 6.10 Å². The Kier molecular flexibility index (Phi) is 1.85. The molecule has 0 aliphatic carbocycles. The van der Waals surface area contributed by atoms with E-state index in [1.165, 1.54) is 11.3 Å². The Morgan fingerprint density at radius 2 is 2.55 bits per heavy atom. The van der Waals surface area contributed by atoms with Gasteiger partial charge in [-0.1, -0.05) is 0 Å². The van der Waals surface area contributed by atoms with E-state index in [4.69, 9.17) is 4.74 Å². The SMILES string of the molecule is O[C@@H]1COC[C@H]1c1nncs1. The van der Waals surface area contributed by atoms with Gasteiger partial charge in [-0.25, -0.2) is 0 Å². The average Bonchev–Trinajstić information content (AvgIpc) is 2.55. The molecule has 0 bridgehead atoms. The normalized spacial score (nSPS) is 31.0. The van der Waals surface area contributed by atoms with Crippen LogP contribution in [0, 0.1) is 0 Å². The summed E-state index contributed by atoms with van der Waals surface area (Å²) in [4.78, 5) is 0. The van der Waals surface area contributed by atoms with Crippen LogP contribution in [0.3, 0.4) is 0 Å². The van der Waals surface area contributed by atoms with Gasteiger partial charge in [0.1, 0.15) is 10.5 Å². The molecule has 0 spiro atoms. The molecule has 1 saturated heterocycles. The molecule has 1 aromatic heterocycles. The summed E-state index contributed by atoms with van der Waals surface area (Å²) in [5, 5.41) is 17.8. The number of ether oxygens (including phenoxy) is 1. The lowest BCUT2D eigenvalue weighted by atomic mass is 10.1. The summed E-state index contributed by atoms with van der Waals surface area (Å²) in [5.74, 6) is 0.0440. The first-order valence-corrected chi connectivity index (χ1v) is 4.28. The summed E-state index contributed by atoms with van der Waals surface area (Å²) < 4.78 is 5.08. The van der Waals surface area contributed by atoms with Crippen LogP contribution in [0.15, 0.2) is 5.51 Å². The molecule has 2 heterocycles. The Morgan fingerprint density at radius 3 is 3.09 bits per heavy atom. The minimum atomic E-state index is -0.400. The molecular formula is C6H8N2O2S. The molecule has 1 fully saturated rings. The van der Waals surface area contributed by atoms with Gasteiger partial charge in [-0.15, -0.1) is 21.5 Å². The van der Waals surface area contributed by atoms with Gasteiger partial charge in [0, 0.05) is 0 Å². The van der Waals surface area contributed by atoms with Crippen LogP contribution >= 0.6 is 11.3 Å². The van der Waals surface area contributed by atoms with Crippen molar-refractivity contribution in [2.45, 2.75) is 12.0 Å². The maximum absolute atomic E-state index is 9.37. The quantitative estimate of drug-likeness (QED) is 0.648. The Labute approximate surface area is 67.8 Å². The first kappa shape index (κ1) is 7.15. The molecule has 4 nitrogen and oxygen atoms in total. The second-order valence-corrected chi connectivity index (χ2v) is 3.35. The fraction of sp³-hybridized carbons (Fsp3) is 0.667. The van der Waals surface area contributed by atoms with Crippen LogP contribution in [0.5, 0.6) is 0 Å². The molecule has 0 amide bonds. The second-order valence-electron chi connectivity index (χ2n) is 2.49. The van der Waals surface area contributed by atoms with E-state index in [2.05, 4.69) is 10.2 Å². The van der Waals surface area contributed by atoms with Crippen molar-refractivity contribution >= 4 is 11.3 Å². The van der Waals surface area contributed by atoms with Crippen LogP contribution < -0.4 is 0 Å². The molecule has 1 N–H and O–H groups in total. The Hall–Kier alpha value is -0.520. The zero-order chi connectivity index (χ0) is 7.68. The van der Waals surface area contributed by atoms with Crippen molar-refractivity contribution in [3.63, 3.8) is 0 Å². The van der Waals surface area contributed by atoms with Crippen LogP contribution in [-0.2, 0) is 4.74 Å². The van der Waals surface area contributed by atoms with Crippen LogP contribution in [0.1, 0.15) is 10.9 Å². The predicted molar refractivity (Wildman–Crippen MR) is 39.5 cm³/mol. The third-order valence-electron chi connectivity index (χ3n) is 1.74. The number of aliphatic hydroxyl groups is 1. The van der Waals surface area contributed by atoms with Crippen molar-refractivity contribution in [1.82, 2.24) is 10.2 Å². The first-order chi connectivity index (χ1) is 5.38. The van der Waals surface area contributed by atoms with E-state index in [0.717, 1.165) is 5.01 Å². The van der Waals surface area contributed by atoms with Crippen molar-refractivity contribution in [2.75, 3.05) is 13.2 Å². The maximum atomic E-state index is 9.37. The molecule has 11 heavy (non-hydrogen) atoms. The van der Waals surface area contributed by atoms with Crippen LogP contribution in [0.25, 0.3) is 0 Å². The third-order valence-corrected chi connectivity index (χ3v) is 2.57. The minimum Gasteiger partial charge on any atom is -0.390 e. The van der Waals surface area contributed by atoms with Crippen LogP contribution in [0.2, 0.25) is 0 Å². The lowest BCUT2D eigenvalue weighted by Crippen LogP contribution is -2.15. The highest BCUT2D eigenvalue weighted by Gasteiger charge is 2.29. The number of aromatic nitrogens is 2. The van der Waals surface area contributed by atoms with Crippen molar-refractivity contribution in [2.24, 2.45) is 0 Å². The molecule has 2 atom stereocenters. The monoisotopic (exact) mass is 172 g/mol. The number of rotatable bonds is 1. The Balaban J connectivity index is 2.16. The summed E-state index contributed by atoms with van der Waals surface area (Å²) in [5.41, 5.74) is 1.67. The van der Waals surface area contributed by atoms with Gasteiger partial charge >= 0.3 is 0 Å². The molecule has 1 aliphatic rings. The van der Waals surface area contributed by atoms with Gasteiger partial charge in [0.2, 0.25) is 0 Å². The highest BCUT2D eigenvalue weighted by atomic mass is 32.1. The highest BCUT2D eigenvalue weighted by molar-refractivity contribution is 7.09. The zero-order valence-corrected chi connectivity index (χ0v) is 6.62. The molecule has 0 aromatic carbocycles. The van der Waals surface area contributed by atoms with Gasteiger partial charge in [0.25, 0.3) is 0 Å². The lowest BCUT2D eigenvalue weighted by Gasteiger charge is -2.06. The van der Waals surface area contributed by atoms with Crippen molar-refractivity contribution < 1.29 is 9.84 Å². The summed E-state index contributed by atoms with van der Waals surface area (Å²) in [6, 6.07) is 0.